The molecule has 96 valence electrons. The SMILES string of the molecule is CCOc1ccc(Cc2cc3ccccc3o2)cc1. The minimum atomic E-state index is 0.697. The lowest BCUT2D eigenvalue weighted by atomic mass is 10.1. The van der Waals surface area contributed by atoms with Crippen LogP contribution in [-0.2, 0) is 6.42 Å². The topological polar surface area (TPSA) is 22.4 Å². The summed E-state index contributed by atoms with van der Waals surface area (Å²) in [6.07, 6.45) is 0.807. The summed E-state index contributed by atoms with van der Waals surface area (Å²) < 4.78 is 11.3. The molecule has 1 aromatic heterocycles. The Morgan fingerprint density at radius 1 is 1.00 bits per heavy atom. The molecule has 2 nitrogen and oxygen atoms in total. The maximum atomic E-state index is 5.82. The number of rotatable bonds is 4. The van der Waals surface area contributed by atoms with Crippen LogP contribution in [0.2, 0.25) is 0 Å². The molecule has 0 aliphatic rings. The van der Waals surface area contributed by atoms with Gasteiger partial charge < -0.3 is 9.15 Å². The van der Waals surface area contributed by atoms with E-state index in [-0.39, 0.29) is 0 Å². The fourth-order valence-electron chi connectivity index (χ4n) is 2.20. The maximum absolute atomic E-state index is 5.82. The van der Waals surface area contributed by atoms with Crippen LogP contribution in [-0.4, -0.2) is 6.61 Å². The summed E-state index contributed by atoms with van der Waals surface area (Å²) in [4.78, 5) is 0. The smallest absolute Gasteiger partial charge is 0.134 e. The van der Waals surface area contributed by atoms with Crippen LogP contribution in [0.3, 0.4) is 0 Å². The maximum Gasteiger partial charge on any atom is 0.134 e. The molecule has 0 saturated carbocycles. The second kappa shape index (κ2) is 5.19. The van der Waals surface area contributed by atoms with Gasteiger partial charge in [-0.25, -0.2) is 0 Å². The van der Waals surface area contributed by atoms with Crippen molar-refractivity contribution in [2.45, 2.75) is 13.3 Å². The molecule has 2 heteroatoms. The lowest BCUT2D eigenvalue weighted by molar-refractivity contribution is 0.340. The highest BCUT2D eigenvalue weighted by atomic mass is 16.5. The molecular formula is C17H16O2. The van der Waals surface area contributed by atoms with Crippen molar-refractivity contribution in [1.82, 2.24) is 0 Å². The second-order valence-electron chi connectivity index (χ2n) is 4.50. The van der Waals surface area contributed by atoms with Gasteiger partial charge in [-0.15, -0.1) is 0 Å². The van der Waals surface area contributed by atoms with E-state index in [1.54, 1.807) is 0 Å². The van der Waals surface area contributed by atoms with Crippen LogP contribution >= 0.6 is 0 Å². The third kappa shape index (κ3) is 2.63. The highest BCUT2D eigenvalue weighted by Gasteiger charge is 2.04. The molecule has 19 heavy (non-hydrogen) atoms. The predicted molar refractivity (Wildman–Crippen MR) is 76.6 cm³/mol. The van der Waals surface area contributed by atoms with Crippen LogP contribution in [0.25, 0.3) is 11.0 Å². The van der Waals surface area contributed by atoms with Crippen molar-refractivity contribution >= 4 is 11.0 Å². The number of fused-ring (bicyclic) bond motifs is 1. The highest BCUT2D eigenvalue weighted by molar-refractivity contribution is 5.77. The van der Waals surface area contributed by atoms with E-state index in [2.05, 4.69) is 24.3 Å². The fraction of sp³-hybridized carbons (Fsp3) is 0.176. The normalized spacial score (nSPS) is 10.8. The molecule has 0 aliphatic carbocycles. The van der Waals surface area contributed by atoms with Gasteiger partial charge in [0.05, 0.1) is 6.61 Å². The molecule has 3 aromatic rings. The Hall–Kier alpha value is -2.22. The minimum absolute atomic E-state index is 0.697. The number of hydrogen-bond donors (Lipinski definition) is 0. The Labute approximate surface area is 112 Å². The largest absolute Gasteiger partial charge is 0.494 e. The lowest BCUT2D eigenvalue weighted by Gasteiger charge is -2.03. The first-order valence-corrected chi connectivity index (χ1v) is 6.54. The van der Waals surface area contributed by atoms with E-state index in [4.69, 9.17) is 9.15 Å². The summed E-state index contributed by atoms with van der Waals surface area (Å²) in [5.74, 6) is 1.90. The zero-order chi connectivity index (χ0) is 13.1. The van der Waals surface area contributed by atoms with Crippen molar-refractivity contribution < 1.29 is 9.15 Å². The molecule has 0 aliphatic heterocycles. The van der Waals surface area contributed by atoms with Crippen LogP contribution < -0.4 is 4.74 Å². The van der Waals surface area contributed by atoms with Crippen molar-refractivity contribution in [2.75, 3.05) is 6.61 Å². The van der Waals surface area contributed by atoms with Crippen molar-refractivity contribution in [3.63, 3.8) is 0 Å². The first-order valence-electron chi connectivity index (χ1n) is 6.54. The first-order chi connectivity index (χ1) is 9.35. The third-order valence-electron chi connectivity index (χ3n) is 3.09. The van der Waals surface area contributed by atoms with Crippen molar-refractivity contribution in [3.8, 4) is 5.75 Å². The van der Waals surface area contributed by atoms with E-state index in [1.165, 1.54) is 5.56 Å². The van der Waals surface area contributed by atoms with Crippen LogP contribution in [0.5, 0.6) is 5.75 Å². The van der Waals surface area contributed by atoms with E-state index >= 15 is 0 Å². The van der Waals surface area contributed by atoms with Gasteiger partial charge in [-0.1, -0.05) is 30.3 Å². The molecule has 0 radical (unpaired) electrons. The Morgan fingerprint density at radius 2 is 1.79 bits per heavy atom. The van der Waals surface area contributed by atoms with Crippen LogP contribution in [0.4, 0.5) is 0 Å². The number of ether oxygens (including phenoxy) is 1. The van der Waals surface area contributed by atoms with Gasteiger partial charge in [0.15, 0.2) is 0 Å². The van der Waals surface area contributed by atoms with E-state index in [1.807, 2.05) is 37.3 Å². The zero-order valence-electron chi connectivity index (χ0n) is 10.9. The van der Waals surface area contributed by atoms with Crippen molar-refractivity contribution in [2.24, 2.45) is 0 Å². The van der Waals surface area contributed by atoms with Gasteiger partial charge in [-0.2, -0.15) is 0 Å². The standard InChI is InChI=1S/C17H16O2/c1-2-18-15-9-7-13(8-10-15)11-16-12-14-5-3-4-6-17(14)19-16/h3-10,12H,2,11H2,1H3. The summed E-state index contributed by atoms with van der Waals surface area (Å²) in [6, 6.07) is 18.4. The molecule has 1 heterocycles. The number of para-hydroxylation sites is 1. The molecule has 0 bridgehead atoms. The average Bonchev–Trinajstić information content (AvgIpc) is 2.83. The molecule has 0 unspecified atom stereocenters. The molecule has 0 spiro atoms. The molecule has 0 saturated heterocycles. The number of hydrogen-bond acceptors (Lipinski definition) is 2. The Balaban J connectivity index is 1.80. The van der Waals surface area contributed by atoms with Crippen LogP contribution in [0.1, 0.15) is 18.2 Å². The Morgan fingerprint density at radius 3 is 2.53 bits per heavy atom. The van der Waals surface area contributed by atoms with Gasteiger partial charge in [0.25, 0.3) is 0 Å². The van der Waals surface area contributed by atoms with Gasteiger partial charge in [0, 0.05) is 11.8 Å². The molecule has 2 aromatic carbocycles. The molecular weight excluding hydrogens is 236 g/mol. The second-order valence-corrected chi connectivity index (χ2v) is 4.50. The van der Waals surface area contributed by atoms with Crippen molar-refractivity contribution in [1.29, 1.82) is 0 Å². The highest BCUT2D eigenvalue weighted by Crippen LogP contribution is 2.22. The summed E-state index contributed by atoms with van der Waals surface area (Å²) >= 11 is 0. The zero-order valence-corrected chi connectivity index (χ0v) is 10.9. The van der Waals surface area contributed by atoms with E-state index in [0.29, 0.717) is 6.61 Å². The molecule has 0 fully saturated rings. The van der Waals surface area contributed by atoms with Gasteiger partial charge in [-0.05, 0) is 36.8 Å². The predicted octanol–water partition coefficient (Wildman–Crippen LogP) is 4.42. The van der Waals surface area contributed by atoms with Gasteiger partial charge >= 0.3 is 0 Å². The number of furan rings is 1. The summed E-state index contributed by atoms with van der Waals surface area (Å²) in [5, 5.41) is 1.16. The monoisotopic (exact) mass is 252 g/mol. The quantitative estimate of drug-likeness (QED) is 0.685. The molecule has 0 amide bonds. The number of benzene rings is 2. The molecule has 0 atom stereocenters. The van der Waals surface area contributed by atoms with Gasteiger partial charge in [0.2, 0.25) is 0 Å². The van der Waals surface area contributed by atoms with E-state index < -0.39 is 0 Å². The first kappa shape index (κ1) is 11.8. The summed E-state index contributed by atoms with van der Waals surface area (Å²) in [6.45, 7) is 2.69. The van der Waals surface area contributed by atoms with Gasteiger partial charge in [-0.3, -0.25) is 0 Å². The minimum Gasteiger partial charge on any atom is -0.494 e. The van der Waals surface area contributed by atoms with Gasteiger partial charge in [0.1, 0.15) is 17.1 Å². The molecule has 0 N–H and O–H groups in total. The lowest BCUT2D eigenvalue weighted by Crippen LogP contribution is -1.91. The average molecular weight is 252 g/mol. The van der Waals surface area contributed by atoms with E-state index in [9.17, 15) is 0 Å². The van der Waals surface area contributed by atoms with E-state index in [0.717, 1.165) is 28.9 Å². The van der Waals surface area contributed by atoms with Crippen molar-refractivity contribution in [3.05, 3.63) is 65.9 Å². The fourth-order valence-corrected chi connectivity index (χ4v) is 2.20. The summed E-state index contributed by atoms with van der Waals surface area (Å²) in [5.41, 5.74) is 2.17. The van der Waals surface area contributed by atoms with Crippen LogP contribution in [0, 0.1) is 0 Å². The Bertz CT molecular complexity index is 632. The summed E-state index contributed by atoms with van der Waals surface area (Å²) in [7, 11) is 0. The molecule has 3 rings (SSSR count). The van der Waals surface area contributed by atoms with Crippen LogP contribution in [0.15, 0.2) is 59.0 Å². The Kier molecular flexibility index (Phi) is 3.23. The third-order valence-corrected chi connectivity index (χ3v) is 3.09.